The lowest BCUT2D eigenvalue weighted by molar-refractivity contribution is -0.0945. The van der Waals surface area contributed by atoms with E-state index in [-0.39, 0.29) is 0 Å². The van der Waals surface area contributed by atoms with Crippen molar-refractivity contribution in [2.45, 2.75) is 68.5 Å². The van der Waals surface area contributed by atoms with Gasteiger partial charge in [-0.3, -0.25) is 4.90 Å². The molecule has 1 N–H and O–H groups in total. The van der Waals surface area contributed by atoms with Crippen LogP contribution in [0.15, 0.2) is 60.7 Å². The summed E-state index contributed by atoms with van der Waals surface area (Å²) in [6.45, 7) is 2.63. The minimum atomic E-state index is 0.298. The molecule has 0 radical (unpaired) electrons. The molecule has 3 aromatic carbocycles. The monoisotopic (exact) mass is 490 g/mol. The van der Waals surface area contributed by atoms with Crippen LogP contribution in [0.25, 0.3) is 10.8 Å². The Labute approximate surface area is 220 Å². The van der Waals surface area contributed by atoms with Crippen LogP contribution < -0.4 is 10.1 Å². The number of ether oxygens (including phenoxy) is 1. The quantitative estimate of drug-likeness (QED) is 0.467. The number of nitrogens with zero attached hydrogens (tertiary/aromatic N) is 1. The predicted molar refractivity (Wildman–Crippen MR) is 148 cm³/mol. The summed E-state index contributed by atoms with van der Waals surface area (Å²) < 4.78 is 5.84. The first-order valence-electron chi connectivity index (χ1n) is 14.9. The fourth-order valence-corrected chi connectivity index (χ4v) is 10.7. The van der Waals surface area contributed by atoms with Gasteiger partial charge in [-0.15, -0.1) is 0 Å². The first-order valence-corrected chi connectivity index (χ1v) is 14.9. The molecule has 3 heteroatoms. The summed E-state index contributed by atoms with van der Waals surface area (Å²) in [6, 6.07) is 25.1. The lowest BCUT2D eigenvalue weighted by atomic mass is 9.43. The van der Waals surface area contributed by atoms with Gasteiger partial charge < -0.3 is 10.1 Å². The summed E-state index contributed by atoms with van der Waals surface area (Å²) in [6.07, 6.45) is 9.62. The molecule has 7 atom stereocenters. The summed E-state index contributed by atoms with van der Waals surface area (Å²) in [5.74, 6) is 3.47. The Morgan fingerprint density at radius 1 is 0.973 bits per heavy atom. The fraction of sp³-hybridized carbons (Fsp3) is 0.529. The zero-order chi connectivity index (χ0) is 24.4. The molecule has 4 bridgehead atoms. The van der Waals surface area contributed by atoms with Crippen LogP contribution in [-0.2, 0) is 11.8 Å². The molecule has 2 saturated heterocycles. The number of piperidine rings is 1. The van der Waals surface area contributed by atoms with Gasteiger partial charge in [-0.1, -0.05) is 42.5 Å². The van der Waals surface area contributed by atoms with Crippen molar-refractivity contribution in [1.82, 2.24) is 10.2 Å². The molecule has 9 rings (SSSR count). The van der Waals surface area contributed by atoms with Crippen molar-refractivity contribution in [3.8, 4) is 5.75 Å². The van der Waals surface area contributed by atoms with Gasteiger partial charge in [0.1, 0.15) is 5.75 Å². The summed E-state index contributed by atoms with van der Waals surface area (Å²) in [7, 11) is 1.84. The van der Waals surface area contributed by atoms with E-state index in [1.54, 1.807) is 11.1 Å². The second-order valence-corrected chi connectivity index (χ2v) is 13.3. The molecule has 2 aliphatic heterocycles. The van der Waals surface area contributed by atoms with Crippen LogP contribution in [0, 0.1) is 23.2 Å². The van der Waals surface area contributed by atoms with Gasteiger partial charge in [0.25, 0.3) is 0 Å². The van der Waals surface area contributed by atoms with E-state index < -0.39 is 0 Å². The SMILES string of the molecule is COc1ccc2c(c1)[C@@]13CCN(CC4CC4)[C@H](C2)[C@]12CC[C@H]1N[C@@H](c4ccc5ccccc5c4)[C@@H](C2)[C@H]13. The van der Waals surface area contributed by atoms with Crippen LogP contribution in [0.5, 0.6) is 5.75 Å². The number of rotatable bonds is 4. The lowest BCUT2D eigenvalue weighted by Crippen LogP contribution is -2.69. The second-order valence-electron chi connectivity index (χ2n) is 13.3. The predicted octanol–water partition coefficient (Wildman–Crippen LogP) is 6.26. The molecule has 6 aliphatic rings. The Balaban J connectivity index is 1.20. The van der Waals surface area contributed by atoms with E-state index in [0.717, 1.165) is 17.6 Å². The number of likely N-dealkylation sites (tertiary alicyclic amines) is 1. The van der Waals surface area contributed by atoms with Crippen molar-refractivity contribution in [2.24, 2.45) is 23.2 Å². The molecule has 2 heterocycles. The molecule has 0 unspecified atom stereocenters. The lowest BCUT2D eigenvalue weighted by Gasteiger charge is -2.66. The third kappa shape index (κ3) is 2.70. The van der Waals surface area contributed by atoms with Gasteiger partial charge in [0.2, 0.25) is 0 Å². The number of hydrogen-bond donors (Lipinski definition) is 1. The highest BCUT2D eigenvalue weighted by Gasteiger charge is 2.76. The number of nitrogens with one attached hydrogen (secondary N) is 1. The molecule has 0 aromatic heterocycles. The minimum Gasteiger partial charge on any atom is -0.497 e. The fourth-order valence-electron chi connectivity index (χ4n) is 10.7. The number of benzene rings is 3. The highest BCUT2D eigenvalue weighted by Crippen LogP contribution is 2.76. The minimum absolute atomic E-state index is 0.298. The maximum absolute atomic E-state index is 5.84. The summed E-state index contributed by atoms with van der Waals surface area (Å²) in [5.41, 5.74) is 5.53. The van der Waals surface area contributed by atoms with Gasteiger partial charge in [0.15, 0.2) is 0 Å². The highest BCUT2D eigenvalue weighted by molar-refractivity contribution is 5.83. The van der Waals surface area contributed by atoms with Crippen molar-refractivity contribution in [1.29, 1.82) is 0 Å². The van der Waals surface area contributed by atoms with Gasteiger partial charge in [-0.2, -0.15) is 0 Å². The molecular formula is C34H38N2O. The van der Waals surface area contributed by atoms with Crippen LogP contribution in [-0.4, -0.2) is 37.2 Å². The van der Waals surface area contributed by atoms with E-state index in [4.69, 9.17) is 4.74 Å². The standard InChI is InChI=1S/C34H38N2O/c1-37-26-11-10-24-17-30-33-13-12-29-31(34(33,28(24)18-26)14-15-36(30)20-21-6-7-21)27(19-33)32(35-29)25-9-8-22-4-2-3-5-23(22)16-25/h2-5,8-11,16,18,21,27,29-32,35H,6-7,12-15,17,19-20H2,1H3/t27-,29+,30+,31+,32-,33+,34+/m0/s1. The molecule has 3 saturated carbocycles. The Morgan fingerprint density at radius 3 is 2.73 bits per heavy atom. The molecule has 3 nitrogen and oxygen atoms in total. The van der Waals surface area contributed by atoms with Crippen molar-refractivity contribution in [3.63, 3.8) is 0 Å². The van der Waals surface area contributed by atoms with Crippen molar-refractivity contribution >= 4 is 10.8 Å². The first-order chi connectivity index (χ1) is 18.2. The maximum atomic E-state index is 5.84. The molecule has 190 valence electrons. The van der Waals surface area contributed by atoms with Crippen LogP contribution in [0.3, 0.4) is 0 Å². The van der Waals surface area contributed by atoms with Gasteiger partial charge in [0, 0.05) is 30.1 Å². The summed E-state index contributed by atoms with van der Waals surface area (Å²) >= 11 is 0. The molecule has 4 aliphatic carbocycles. The van der Waals surface area contributed by atoms with Gasteiger partial charge in [0.05, 0.1) is 7.11 Å². The van der Waals surface area contributed by atoms with Gasteiger partial charge in [-0.25, -0.2) is 0 Å². The third-order valence-electron chi connectivity index (χ3n) is 12.1. The summed E-state index contributed by atoms with van der Waals surface area (Å²) in [4.78, 5) is 2.99. The molecular weight excluding hydrogens is 452 g/mol. The third-order valence-corrected chi connectivity index (χ3v) is 12.1. The molecule has 0 spiro atoms. The molecule has 5 fully saturated rings. The van der Waals surface area contributed by atoms with E-state index in [1.165, 1.54) is 74.4 Å². The van der Waals surface area contributed by atoms with E-state index in [1.807, 2.05) is 7.11 Å². The Hall–Kier alpha value is -2.36. The maximum Gasteiger partial charge on any atom is 0.119 e. The average Bonchev–Trinajstić information content (AvgIpc) is 3.62. The zero-order valence-electron chi connectivity index (χ0n) is 22.0. The van der Waals surface area contributed by atoms with Gasteiger partial charge in [-0.05, 0) is 120 Å². The Morgan fingerprint density at radius 2 is 1.86 bits per heavy atom. The smallest absolute Gasteiger partial charge is 0.119 e. The normalized spacial score (nSPS) is 39.4. The van der Waals surface area contributed by atoms with E-state index in [9.17, 15) is 0 Å². The van der Waals surface area contributed by atoms with Crippen LogP contribution in [0.1, 0.15) is 61.3 Å². The van der Waals surface area contributed by atoms with E-state index in [2.05, 4.69) is 70.9 Å². The van der Waals surface area contributed by atoms with Crippen LogP contribution >= 0.6 is 0 Å². The Kier molecular flexibility index (Phi) is 4.31. The van der Waals surface area contributed by atoms with E-state index >= 15 is 0 Å². The highest BCUT2D eigenvalue weighted by atomic mass is 16.5. The van der Waals surface area contributed by atoms with Crippen molar-refractivity contribution in [3.05, 3.63) is 77.4 Å². The van der Waals surface area contributed by atoms with Crippen LogP contribution in [0.4, 0.5) is 0 Å². The topological polar surface area (TPSA) is 24.5 Å². The number of hydrogen-bond acceptors (Lipinski definition) is 3. The molecule has 37 heavy (non-hydrogen) atoms. The van der Waals surface area contributed by atoms with E-state index in [0.29, 0.717) is 34.9 Å². The molecule has 0 amide bonds. The Bertz CT molecular complexity index is 1410. The number of fused-ring (bicyclic) bond motifs is 2. The largest absolute Gasteiger partial charge is 0.497 e. The van der Waals surface area contributed by atoms with Crippen LogP contribution in [0.2, 0.25) is 0 Å². The zero-order valence-corrected chi connectivity index (χ0v) is 22.0. The average molecular weight is 491 g/mol. The second kappa shape index (κ2) is 7.39. The summed E-state index contributed by atoms with van der Waals surface area (Å²) in [5, 5.41) is 6.99. The van der Waals surface area contributed by atoms with Crippen molar-refractivity contribution in [2.75, 3.05) is 20.2 Å². The van der Waals surface area contributed by atoms with Gasteiger partial charge >= 0.3 is 0 Å². The molecule has 3 aromatic rings. The first kappa shape index (κ1) is 21.6. The number of methoxy groups -OCH3 is 1. The van der Waals surface area contributed by atoms with Crippen molar-refractivity contribution < 1.29 is 4.74 Å².